The highest BCUT2D eigenvalue weighted by molar-refractivity contribution is 5.14. The van der Waals surface area contributed by atoms with E-state index in [1.54, 1.807) is 0 Å². The number of hydrogen-bond acceptors (Lipinski definition) is 2. The third-order valence-electron chi connectivity index (χ3n) is 3.26. The molecule has 1 aliphatic heterocycles. The molecule has 0 amide bonds. The molecule has 0 aromatic heterocycles. The van der Waals surface area contributed by atoms with Gasteiger partial charge in [0.1, 0.15) is 0 Å². The zero-order chi connectivity index (χ0) is 6.72. The van der Waals surface area contributed by atoms with Crippen molar-refractivity contribution in [3.63, 3.8) is 0 Å². The molecule has 3 aliphatic rings. The van der Waals surface area contributed by atoms with Crippen LogP contribution in [0.25, 0.3) is 0 Å². The molecule has 1 saturated heterocycles. The predicted molar refractivity (Wildman–Crippen MR) is 34.0 cm³/mol. The summed E-state index contributed by atoms with van der Waals surface area (Å²) in [5, 5.41) is 8.72. The van der Waals surface area contributed by atoms with Crippen molar-refractivity contribution >= 4 is 0 Å². The second kappa shape index (κ2) is 1.38. The van der Waals surface area contributed by atoms with Gasteiger partial charge in [0.2, 0.25) is 0 Å². The molecule has 10 heavy (non-hydrogen) atoms. The number of hydrogen-bond donors (Lipinski definition) is 0. The molecule has 0 spiro atoms. The van der Waals surface area contributed by atoms with Gasteiger partial charge in [0.05, 0.1) is 24.2 Å². The first kappa shape index (κ1) is 5.15. The zero-order valence-corrected chi connectivity index (χ0v) is 5.66. The van der Waals surface area contributed by atoms with E-state index in [1.807, 2.05) is 0 Å². The molecule has 2 bridgehead atoms. The van der Waals surface area contributed by atoms with E-state index in [0.29, 0.717) is 24.0 Å². The predicted octanol–water partition coefficient (Wildman–Crippen LogP) is 0.933. The van der Waals surface area contributed by atoms with Crippen molar-refractivity contribution in [1.29, 1.82) is 5.26 Å². The molecular formula is C8H9NO. The Labute approximate surface area is 59.8 Å². The van der Waals surface area contributed by atoms with Crippen molar-refractivity contribution in [3.05, 3.63) is 0 Å². The van der Waals surface area contributed by atoms with Crippen molar-refractivity contribution in [2.45, 2.75) is 25.0 Å². The van der Waals surface area contributed by atoms with Crippen LogP contribution in [0.4, 0.5) is 0 Å². The third kappa shape index (κ3) is 0.411. The number of epoxide rings is 1. The minimum atomic E-state index is 0.328. The average Bonchev–Trinajstić information content (AvgIpc) is 2.58. The van der Waals surface area contributed by atoms with Crippen LogP contribution in [-0.4, -0.2) is 12.2 Å². The molecule has 3 rings (SSSR count). The molecule has 1 heterocycles. The molecule has 3 fully saturated rings. The van der Waals surface area contributed by atoms with Gasteiger partial charge in [-0.3, -0.25) is 0 Å². The highest BCUT2D eigenvalue weighted by Gasteiger charge is 2.63. The smallest absolute Gasteiger partial charge is 0.0885 e. The standard InChI is InChI=1S/C8H9NO/c9-3-5-1-4-2-6(5)8-7(4)10-8/h4-8H,1-2H2/t4-,5-,6-,7-,8-/m1/s1. The van der Waals surface area contributed by atoms with E-state index >= 15 is 0 Å². The second-order valence-electron chi connectivity index (χ2n) is 3.70. The SMILES string of the molecule is N#C[C@H]1C[C@@H]2C[C@H]1[C@H]1O[C@H]21. The van der Waals surface area contributed by atoms with Crippen molar-refractivity contribution in [2.75, 3.05) is 0 Å². The van der Waals surface area contributed by atoms with Crippen LogP contribution in [0, 0.1) is 29.1 Å². The van der Waals surface area contributed by atoms with Crippen LogP contribution in [-0.2, 0) is 4.74 Å². The van der Waals surface area contributed by atoms with Gasteiger partial charge >= 0.3 is 0 Å². The molecule has 0 aromatic rings. The Kier molecular flexibility index (Phi) is 0.709. The Hall–Kier alpha value is -0.550. The lowest BCUT2D eigenvalue weighted by Gasteiger charge is -2.09. The molecule has 52 valence electrons. The average molecular weight is 135 g/mol. The van der Waals surface area contributed by atoms with Crippen LogP contribution in [0.5, 0.6) is 0 Å². The van der Waals surface area contributed by atoms with E-state index in [0.717, 1.165) is 12.3 Å². The van der Waals surface area contributed by atoms with Crippen LogP contribution < -0.4 is 0 Å². The lowest BCUT2D eigenvalue weighted by atomic mass is 9.90. The van der Waals surface area contributed by atoms with Gasteiger partial charge in [-0.25, -0.2) is 0 Å². The summed E-state index contributed by atoms with van der Waals surface area (Å²) in [5.74, 6) is 1.69. The molecule has 0 unspecified atom stereocenters. The van der Waals surface area contributed by atoms with Gasteiger partial charge in [-0.05, 0) is 18.8 Å². The van der Waals surface area contributed by atoms with E-state index in [-0.39, 0.29) is 0 Å². The fourth-order valence-electron chi connectivity index (χ4n) is 2.75. The third-order valence-corrected chi connectivity index (χ3v) is 3.26. The summed E-state index contributed by atoms with van der Waals surface area (Å²) >= 11 is 0. The van der Waals surface area contributed by atoms with Crippen molar-refractivity contribution in [3.8, 4) is 6.07 Å². The van der Waals surface area contributed by atoms with Crippen molar-refractivity contribution in [2.24, 2.45) is 17.8 Å². The Balaban J connectivity index is 1.93. The summed E-state index contributed by atoms with van der Waals surface area (Å²) in [6.45, 7) is 0. The minimum absolute atomic E-state index is 0.328. The Morgan fingerprint density at radius 1 is 1.30 bits per heavy atom. The zero-order valence-electron chi connectivity index (χ0n) is 5.66. The van der Waals surface area contributed by atoms with Gasteiger partial charge in [0.15, 0.2) is 0 Å². The fraction of sp³-hybridized carbons (Fsp3) is 0.875. The lowest BCUT2D eigenvalue weighted by molar-refractivity contribution is 0.259. The van der Waals surface area contributed by atoms with Gasteiger partial charge in [0, 0.05) is 5.92 Å². The van der Waals surface area contributed by atoms with Crippen LogP contribution in [0.15, 0.2) is 0 Å². The van der Waals surface area contributed by atoms with E-state index in [4.69, 9.17) is 10.00 Å². The first-order valence-electron chi connectivity index (χ1n) is 3.95. The van der Waals surface area contributed by atoms with Crippen molar-refractivity contribution in [1.82, 2.24) is 0 Å². The molecule has 2 heteroatoms. The van der Waals surface area contributed by atoms with Gasteiger partial charge in [-0.1, -0.05) is 0 Å². The largest absolute Gasteiger partial charge is 0.369 e. The molecule has 0 aromatic carbocycles. The first-order valence-corrected chi connectivity index (χ1v) is 3.95. The maximum absolute atomic E-state index is 8.72. The molecule has 2 nitrogen and oxygen atoms in total. The summed E-state index contributed by atoms with van der Waals surface area (Å²) in [4.78, 5) is 0. The van der Waals surface area contributed by atoms with Crippen molar-refractivity contribution < 1.29 is 4.74 Å². The van der Waals surface area contributed by atoms with Gasteiger partial charge in [0.25, 0.3) is 0 Å². The number of rotatable bonds is 0. The maximum Gasteiger partial charge on any atom is 0.0885 e. The highest BCUT2D eigenvalue weighted by Crippen LogP contribution is 2.58. The molecule has 5 atom stereocenters. The lowest BCUT2D eigenvalue weighted by Crippen LogP contribution is -2.15. The Morgan fingerprint density at radius 3 is 2.80 bits per heavy atom. The van der Waals surface area contributed by atoms with Gasteiger partial charge < -0.3 is 4.74 Å². The molecule has 2 saturated carbocycles. The number of nitrogens with zero attached hydrogens (tertiary/aromatic N) is 1. The summed E-state index contributed by atoms with van der Waals surface area (Å²) in [6, 6.07) is 2.37. The number of fused-ring (bicyclic) bond motifs is 5. The normalized spacial score (nSPS) is 61.7. The quantitative estimate of drug-likeness (QED) is 0.463. The van der Waals surface area contributed by atoms with Crippen LogP contribution >= 0.6 is 0 Å². The highest BCUT2D eigenvalue weighted by atomic mass is 16.6. The summed E-state index contributed by atoms with van der Waals surface area (Å²) in [5.41, 5.74) is 0. The van der Waals surface area contributed by atoms with E-state index < -0.39 is 0 Å². The summed E-state index contributed by atoms with van der Waals surface area (Å²) in [7, 11) is 0. The Morgan fingerprint density at radius 2 is 2.20 bits per heavy atom. The molecular weight excluding hydrogens is 126 g/mol. The summed E-state index contributed by atoms with van der Waals surface area (Å²) in [6.07, 6.45) is 3.47. The minimum Gasteiger partial charge on any atom is -0.369 e. The Bertz CT molecular complexity index is 220. The fourth-order valence-corrected chi connectivity index (χ4v) is 2.75. The second-order valence-corrected chi connectivity index (χ2v) is 3.70. The van der Waals surface area contributed by atoms with Crippen LogP contribution in [0.2, 0.25) is 0 Å². The monoisotopic (exact) mass is 135 g/mol. The first-order chi connectivity index (χ1) is 4.90. The summed E-state index contributed by atoms with van der Waals surface area (Å²) < 4.78 is 5.42. The molecule has 0 radical (unpaired) electrons. The molecule has 0 N–H and O–H groups in total. The van der Waals surface area contributed by atoms with E-state index in [9.17, 15) is 0 Å². The topological polar surface area (TPSA) is 36.3 Å². The van der Waals surface area contributed by atoms with E-state index in [1.165, 1.54) is 6.42 Å². The molecule has 2 aliphatic carbocycles. The maximum atomic E-state index is 8.72. The number of nitriles is 1. The van der Waals surface area contributed by atoms with Crippen LogP contribution in [0.1, 0.15) is 12.8 Å². The van der Waals surface area contributed by atoms with Crippen LogP contribution in [0.3, 0.4) is 0 Å². The van der Waals surface area contributed by atoms with Gasteiger partial charge in [-0.15, -0.1) is 0 Å². The van der Waals surface area contributed by atoms with Gasteiger partial charge in [-0.2, -0.15) is 5.26 Å². The number of ether oxygens (including phenoxy) is 1. The van der Waals surface area contributed by atoms with E-state index in [2.05, 4.69) is 6.07 Å².